The third kappa shape index (κ3) is 3.49. The molecule has 174 valence electrons. The Bertz CT molecular complexity index is 1130. The van der Waals surface area contributed by atoms with Crippen molar-refractivity contribution in [3.05, 3.63) is 38.7 Å². The zero-order chi connectivity index (χ0) is 23.0. The Morgan fingerprint density at radius 3 is 2.53 bits per heavy atom. The fourth-order valence-electron chi connectivity index (χ4n) is 5.82. The Morgan fingerprint density at radius 2 is 1.88 bits per heavy atom. The molecule has 0 aliphatic heterocycles. The molecule has 2 heterocycles. The van der Waals surface area contributed by atoms with Gasteiger partial charge < -0.3 is 9.64 Å². The van der Waals surface area contributed by atoms with Crippen LogP contribution in [0.4, 0.5) is 0 Å². The van der Waals surface area contributed by atoms with E-state index in [2.05, 4.69) is 11.9 Å². The van der Waals surface area contributed by atoms with Gasteiger partial charge in [0.2, 0.25) is 0 Å². The first kappa shape index (κ1) is 22.7. The average molecular weight is 443 g/mol. The van der Waals surface area contributed by atoms with Crippen LogP contribution >= 0.6 is 0 Å². The monoisotopic (exact) mass is 442 g/mol. The summed E-state index contributed by atoms with van der Waals surface area (Å²) in [5, 5.41) is 0.331. The zero-order valence-corrected chi connectivity index (χ0v) is 19.6. The SMILES string of the molecule is CCCN(C(=O)c1ccc2c(=O)n(C)c(=O)n(C)c2n1)[C@@H]1C[C@@H](OCC)C12CCCCC2. The predicted molar refractivity (Wildman–Crippen MR) is 123 cm³/mol. The first-order valence-corrected chi connectivity index (χ1v) is 11.8. The fraction of sp³-hybridized carbons (Fsp3) is 0.667. The normalized spacial score (nSPS) is 22.1. The summed E-state index contributed by atoms with van der Waals surface area (Å²) in [6.07, 6.45) is 7.68. The maximum absolute atomic E-state index is 13.7. The molecular weight excluding hydrogens is 408 g/mol. The lowest BCUT2D eigenvalue weighted by Crippen LogP contribution is -2.66. The van der Waals surface area contributed by atoms with Crippen LogP contribution in [0.15, 0.2) is 21.7 Å². The number of carbonyl (C=O) groups excluding carboxylic acids is 1. The van der Waals surface area contributed by atoms with Crippen molar-refractivity contribution in [2.45, 2.75) is 70.9 Å². The van der Waals surface area contributed by atoms with Crippen LogP contribution in [0, 0.1) is 5.41 Å². The van der Waals surface area contributed by atoms with E-state index in [0.717, 1.165) is 30.3 Å². The van der Waals surface area contributed by atoms with Crippen LogP contribution in [0.25, 0.3) is 11.0 Å². The summed E-state index contributed by atoms with van der Waals surface area (Å²) < 4.78 is 8.48. The van der Waals surface area contributed by atoms with E-state index >= 15 is 0 Å². The number of hydrogen-bond acceptors (Lipinski definition) is 5. The number of amides is 1. The minimum absolute atomic E-state index is 0.0265. The maximum atomic E-state index is 13.7. The fourth-order valence-corrected chi connectivity index (χ4v) is 5.82. The lowest BCUT2D eigenvalue weighted by Gasteiger charge is -2.60. The number of carbonyl (C=O) groups is 1. The van der Waals surface area contributed by atoms with Gasteiger partial charge in [0.05, 0.1) is 11.5 Å². The summed E-state index contributed by atoms with van der Waals surface area (Å²) in [5.41, 5.74) is -0.309. The Morgan fingerprint density at radius 1 is 1.16 bits per heavy atom. The van der Waals surface area contributed by atoms with E-state index in [1.165, 1.54) is 30.9 Å². The third-order valence-electron chi connectivity index (χ3n) is 7.52. The van der Waals surface area contributed by atoms with Gasteiger partial charge in [-0.1, -0.05) is 26.2 Å². The molecule has 0 aromatic carbocycles. The maximum Gasteiger partial charge on any atom is 0.332 e. The average Bonchev–Trinajstić information content (AvgIpc) is 2.82. The standard InChI is InChI=1S/C24H34N4O4/c1-5-14-28(18-15-19(32-6-2)24(18)12-8-7-9-13-24)22(30)17-11-10-16-20(25-17)26(3)23(31)27(4)21(16)29/h10-11,18-19H,5-9,12-15H2,1-4H3/t18-,19-/m1/s1. The van der Waals surface area contributed by atoms with E-state index in [1.54, 1.807) is 19.2 Å². The summed E-state index contributed by atoms with van der Waals surface area (Å²) in [4.78, 5) is 45.0. The quantitative estimate of drug-likeness (QED) is 0.686. The first-order valence-electron chi connectivity index (χ1n) is 11.8. The molecule has 0 bridgehead atoms. The van der Waals surface area contributed by atoms with E-state index < -0.39 is 11.2 Å². The van der Waals surface area contributed by atoms with Crippen molar-refractivity contribution in [1.82, 2.24) is 19.0 Å². The molecule has 4 rings (SSSR count). The lowest BCUT2D eigenvalue weighted by molar-refractivity contribution is -0.174. The van der Waals surface area contributed by atoms with Crippen molar-refractivity contribution in [2.24, 2.45) is 19.5 Å². The number of ether oxygens (including phenoxy) is 1. The molecule has 2 fully saturated rings. The first-order chi connectivity index (χ1) is 15.4. The molecule has 32 heavy (non-hydrogen) atoms. The molecule has 0 unspecified atom stereocenters. The number of hydrogen-bond donors (Lipinski definition) is 0. The van der Waals surface area contributed by atoms with E-state index in [0.29, 0.717) is 18.5 Å². The van der Waals surface area contributed by atoms with Gasteiger partial charge in [-0.2, -0.15) is 0 Å². The molecule has 1 amide bonds. The number of fused-ring (bicyclic) bond motifs is 1. The molecule has 2 aliphatic rings. The van der Waals surface area contributed by atoms with Gasteiger partial charge in [-0.15, -0.1) is 0 Å². The van der Waals surface area contributed by atoms with Crippen molar-refractivity contribution in [3.8, 4) is 0 Å². The van der Waals surface area contributed by atoms with Crippen LogP contribution in [-0.2, 0) is 18.8 Å². The smallest absolute Gasteiger partial charge is 0.332 e. The van der Waals surface area contributed by atoms with Crippen LogP contribution < -0.4 is 11.2 Å². The van der Waals surface area contributed by atoms with Gasteiger partial charge in [0, 0.05) is 38.7 Å². The zero-order valence-electron chi connectivity index (χ0n) is 19.6. The molecule has 2 aliphatic carbocycles. The summed E-state index contributed by atoms with van der Waals surface area (Å²) >= 11 is 0. The van der Waals surface area contributed by atoms with Crippen molar-refractivity contribution < 1.29 is 9.53 Å². The third-order valence-corrected chi connectivity index (χ3v) is 7.52. The molecule has 0 saturated heterocycles. The van der Waals surface area contributed by atoms with E-state index in [4.69, 9.17) is 4.74 Å². The second-order valence-corrected chi connectivity index (χ2v) is 9.26. The highest BCUT2D eigenvalue weighted by Crippen LogP contribution is 2.55. The molecule has 8 heteroatoms. The molecule has 0 radical (unpaired) electrons. The second-order valence-electron chi connectivity index (χ2n) is 9.26. The number of nitrogens with zero attached hydrogens (tertiary/aromatic N) is 4. The summed E-state index contributed by atoms with van der Waals surface area (Å²) in [6.45, 7) is 5.45. The lowest BCUT2D eigenvalue weighted by atomic mass is 9.54. The largest absolute Gasteiger partial charge is 0.378 e. The van der Waals surface area contributed by atoms with Crippen LogP contribution in [0.1, 0.15) is 69.3 Å². The van der Waals surface area contributed by atoms with E-state index in [1.807, 2.05) is 11.8 Å². The van der Waals surface area contributed by atoms with Crippen LogP contribution in [0.3, 0.4) is 0 Å². The molecule has 1 spiro atoms. The molecule has 2 atom stereocenters. The van der Waals surface area contributed by atoms with Crippen LogP contribution in [0.5, 0.6) is 0 Å². The van der Waals surface area contributed by atoms with Gasteiger partial charge in [-0.25, -0.2) is 9.78 Å². The van der Waals surface area contributed by atoms with Gasteiger partial charge >= 0.3 is 5.69 Å². The number of aryl methyl sites for hydroxylation is 1. The molecular formula is C24H34N4O4. The van der Waals surface area contributed by atoms with Crippen LogP contribution in [-0.4, -0.2) is 50.2 Å². The van der Waals surface area contributed by atoms with Crippen LogP contribution in [0.2, 0.25) is 0 Å². The Labute approximate surface area is 188 Å². The summed E-state index contributed by atoms with van der Waals surface area (Å²) in [7, 11) is 3.02. The van der Waals surface area contributed by atoms with Gasteiger partial charge in [0.15, 0.2) is 0 Å². The molecule has 0 N–H and O–H groups in total. The van der Waals surface area contributed by atoms with Gasteiger partial charge in [0.25, 0.3) is 11.5 Å². The minimum Gasteiger partial charge on any atom is -0.378 e. The second kappa shape index (κ2) is 8.81. The highest BCUT2D eigenvalue weighted by atomic mass is 16.5. The molecule has 2 aromatic heterocycles. The highest BCUT2D eigenvalue weighted by molar-refractivity contribution is 5.94. The predicted octanol–water partition coefficient (Wildman–Crippen LogP) is 2.61. The van der Waals surface area contributed by atoms with E-state index in [-0.39, 0.29) is 34.8 Å². The highest BCUT2D eigenvalue weighted by Gasteiger charge is 2.58. The molecule has 8 nitrogen and oxygen atoms in total. The Balaban J connectivity index is 1.72. The molecule has 2 aromatic rings. The van der Waals surface area contributed by atoms with Crippen molar-refractivity contribution >= 4 is 16.9 Å². The summed E-state index contributed by atoms with van der Waals surface area (Å²) in [6, 6.07) is 3.37. The Kier molecular flexibility index (Phi) is 6.25. The number of aromatic nitrogens is 3. The van der Waals surface area contributed by atoms with Gasteiger partial charge in [-0.3, -0.25) is 18.7 Å². The summed E-state index contributed by atoms with van der Waals surface area (Å²) in [5.74, 6) is -0.133. The minimum atomic E-state index is -0.454. The van der Waals surface area contributed by atoms with Crippen molar-refractivity contribution in [3.63, 3.8) is 0 Å². The van der Waals surface area contributed by atoms with Crippen molar-refractivity contribution in [1.29, 1.82) is 0 Å². The van der Waals surface area contributed by atoms with Crippen molar-refractivity contribution in [2.75, 3.05) is 13.2 Å². The van der Waals surface area contributed by atoms with E-state index in [9.17, 15) is 14.4 Å². The molecule has 2 saturated carbocycles. The van der Waals surface area contributed by atoms with Gasteiger partial charge in [0.1, 0.15) is 11.3 Å². The number of pyridine rings is 1. The van der Waals surface area contributed by atoms with Gasteiger partial charge in [-0.05, 0) is 44.7 Å². The Hall–Kier alpha value is -2.48. The topological polar surface area (TPSA) is 86.4 Å². The number of rotatable bonds is 6.